The van der Waals surface area contributed by atoms with Gasteiger partial charge in [-0.2, -0.15) is 0 Å². The number of sulfonamides is 1. The molecule has 32 heavy (non-hydrogen) atoms. The fourth-order valence-corrected chi connectivity index (χ4v) is 4.78. The summed E-state index contributed by atoms with van der Waals surface area (Å²) in [5.41, 5.74) is 2.12. The molecule has 2 aromatic carbocycles. The van der Waals surface area contributed by atoms with Crippen LogP contribution >= 0.6 is 11.6 Å². The molecular weight excluding hydrogens is 452 g/mol. The van der Waals surface area contributed by atoms with Crippen molar-refractivity contribution in [1.82, 2.24) is 14.9 Å². The molecule has 1 N–H and O–H groups in total. The van der Waals surface area contributed by atoms with E-state index >= 15 is 0 Å². The van der Waals surface area contributed by atoms with E-state index in [4.69, 9.17) is 16.3 Å². The number of carbonyl (C=O) groups is 1. The number of imidazole rings is 1. The van der Waals surface area contributed by atoms with Crippen molar-refractivity contribution in [1.29, 1.82) is 0 Å². The Kier molecular flexibility index (Phi) is 7.10. The van der Waals surface area contributed by atoms with E-state index in [0.717, 1.165) is 27.6 Å². The van der Waals surface area contributed by atoms with E-state index < -0.39 is 22.0 Å². The molecule has 0 radical (unpaired) electrons. The number of hydrogen-bond donors (Lipinski definition) is 1. The molecule has 0 aliphatic carbocycles. The van der Waals surface area contributed by atoms with Crippen molar-refractivity contribution in [3.05, 3.63) is 71.3 Å². The van der Waals surface area contributed by atoms with Gasteiger partial charge in [-0.1, -0.05) is 23.7 Å². The van der Waals surface area contributed by atoms with Gasteiger partial charge < -0.3 is 14.6 Å². The number of benzene rings is 2. The van der Waals surface area contributed by atoms with Gasteiger partial charge in [0.05, 0.1) is 24.1 Å². The Bertz CT molecular complexity index is 1210. The van der Waals surface area contributed by atoms with Crippen molar-refractivity contribution < 1.29 is 17.9 Å². The quantitative estimate of drug-likeness (QED) is 0.538. The molecule has 0 saturated heterocycles. The average molecular weight is 477 g/mol. The highest BCUT2D eigenvalue weighted by Crippen LogP contribution is 2.31. The largest absolute Gasteiger partial charge is 0.495 e. The van der Waals surface area contributed by atoms with Crippen molar-refractivity contribution in [3.63, 3.8) is 0 Å². The molecule has 1 amide bonds. The first-order valence-electron chi connectivity index (χ1n) is 9.81. The van der Waals surface area contributed by atoms with Crippen LogP contribution in [0.25, 0.3) is 5.69 Å². The molecule has 1 aromatic heterocycles. The first-order chi connectivity index (χ1) is 15.1. The van der Waals surface area contributed by atoms with Gasteiger partial charge in [-0.25, -0.2) is 13.4 Å². The van der Waals surface area contributed by atoms with Gasteiger partial charge in [0.15, 0.2) is 0 Å². The second-order valence-electron chi connectivity index (χ2n) is 7.28. The summed E-state index contributed by atoms with van der Waals surface area (Å²) < 4.78 is 33.0. The Morgan fingerprint density at radius 1 is 1.25 bits per heavy atom. The van der Waals surface area contributed by atoms with Gasteiger partial charge in [0.25, 0.3) is 0 Å². The number of hydrogen-bond acceptors (Lipinski definition) is 5. The van der Waals surface area contributed by atoms with Gasteiger partial charge in [0.2, 0.25) is 15.9 Å². The molecule has 0 aliphatic rings. The van der Waals surface area contributed by atoms with Gasteiger partial charge in [-0.05, 0) is 49.7 Å². The standard InChI is InChI=1S/C22H25ClN4O4S/c1-15(27(32(4,29)30)19-9-10-21(31-3)20(23)13-19)22(28)25-14-17-5-7-18(8-6-17)26-12-11-24-16(26)2/h5-13,15H,14H2,1-4H3,(H,25,28). The average Bonchev–Trinajstić information content (AvgIpc) is 3.17. The Morgan fingerprint density at radius 3 is 2.47 bits per heavy atom. The molecule has 8 nitrogen and oxygen atoms in total. The number of halogens is 1. The molecule has 0 fully saturated rings. The van der Waals surface area contributed by atoms with E-state index in [2.05, 4.69) is 10.3 Å². The third-order valence-electron chi connectivity index (χ3n) is 4.99. The van der Waals surface area contributed by atoms with Crippen molar-refractivity contribution in [2.24, 2.45) is 0 Å². The highest BCUT2D eigenvalue weighted by atomic mass is 35.5. The molecule has 0 bridgehead atoms. The lowest BCUT2D eigenvalue weighted by Crippen LogP contribution is -2.47. The number of nitrogens with zero attached hydrogens (tertiary/aromatic N) is 3. The summed E-state index contributed by atoms with van der Waals surface area (Å²) in [6.07, 6.45) is 4.65. The van der Waals surface area contributed by atoms with Crippen LogP contribution in [0, 0.1) is 6.92 Å². The third kappa shape index (κ3) is 5.23. The number of ether oxygens (including phenoxy) is 1. The zero-order chi connectivity index (χ0) is 23.5. The van der Waals surface area contributed by atoms with Gasteiger partial charge in [-0.3, -0.25) is 9.10 Å². The minimum atomic E-state index is -3.75. The monoisotopic (exact) mass is 476 g/mol. The van der Waals surface area contributed by atoms with Crippen LogP contribution in [0.15, 0.2) is 54.9 Å². The highest BCUT2D eigenvalue weighted by molar-refractivity contribution is 7.92. The summed E-state index contributed by atoms with van der Waals surface area (Å²) in [6.45, 7) is 3.70. The van der Waals surface area contributed by atoms with Crippen molar-refractivity contribution in [2.45, 2.75) is 26.4 Å². The fraction of sp³-hybridized carbons (Fsp3) is 0.273. The Labute approximate surface area is 192 Å². The summed E-state index contributed by atoms with van der Waals surface area (Å²) in [5.74, 6) is 0.853. The van der Waals surface area contributed by atoms with Crippen molar-refractivity contribution >= 4 is 33.2 Å². The highest BCUT2D eigenvalue weighted by Gasteiger charge is 2.29. The van der Waals surface area contributed by atoms with Gasteiger partial charge in [0.1, 0.15) is 17.6 Å². The Balaban J connectivity index is 1.72. The molecule has 170 valence electrons. The molecule has 0 spiro atoms. The lowest BCUT2D eigenvalue weighted by atomic mass is 10.2. The maximum absolute atomic E-state index is 12.8. The number of anilines is 1. The zero-order valence-corrected chi connectivity index (χ0v) is 19.8. The number of rotatable bonds is 8. The lowest BCUT2D eigenvalue weighted by molar-refractivity contribution is -0.122. The van der Waals surface area contributed by atoms with E-state index in [9.17, 15) is 13.2 Å². The summed E-state index contributed by atoms with van der Waals surface area (Å²) in [5, 5.41) is 3.05. The van der Waals surface area contributed by atoms with E-state index in [1.807, 2.05) is 42.0 Å². The van der Waals surface area contributed by atoms with Crippen LogP contribution in [-0.2, 0) is 21.4 Å². The number of methoxy groups -OCH3 is 1. The topological polar surface area (TPSA) is 93.5 Å². The summed E-state index contributed by atoms with van der Waals surface area (Å²) in [7, 11) is -2.29. The predicted molar refractivity (Wildman–Crippen MR) is 125 cm³/mol. The second kappa shape index (κ2) is 9.62. The van der Waals surface area contributed by atoms with Gasteiger partial charge in [-0.15, -0.1) is 0 Å². The van der Waals surface area contributed by atoms with Crippen molar-refractivity contribution in [3.8, 4) is 11.4 Å². The third-order valence-corrected chi connectivity index (χ3v) is 6.52. The zero-order valence-electron chi connectivity index (χ0n) is 18.2. The molecule has 3 aromatic rings. The molecule has 10 heteroatoms. The minimum Gasteiger partial charge on any atom is -0.495 e. The SMILES string of the molecule is COc1ccc(N(C(C)C(=O)NCc2ccc(-n3ccnc3C)cc2)S(C)(=O)=O)cc1Cl. The fourth-order valence-electron chi connectivity index (χ4n) is 3.36. The molecule has 0 aliphatic heterocycles. The lowest BCUT2D eigenvalue weighted by Gasteiger charge is -2.28. The van der Waals surface area contributed by atoms with E-state index in [-0.39, 0.29) is 17.3 Å². The summed E-state index contributed by atoms with van der Waals surface area (Å²) in [6, 6.07) is 11.2. The normalized spacial score (nSPS) is 12.3. The van der Waals surface area contributed by atoms with Crippen LogP contribution < -0.4 is 14.4 Å². The first kappa shape index (κ1) is 23.6. The van der Waals surface area contributed by atoms with E-state index in [1.54, 1.807) is 18.3 Å². The van der Waals surface area contributed by atoms with Crippen LogP contribution in [-0.4, -0.2) is 43.3 Å². The molecule has 1 heterocycles. The Hall–Kier alpha value is -3.04. The molecule has 1 unspecified atom stereocenters. The van der Waals surface area contributed by atoms with Crippen LogP contribution in [0.4, 0.5) is 5.69 Å². The van der Waals surface area contributed by atoms with Crippen LogP contribution in [0.1, 0.15) is 18.3 Å². The number of carbonyl (C=O) groups excluding carboxylic acids is 1. The molecule has 1 atom stereocenters. The number of amides is 1. The summed E-state index contributed by atoms with van der Waals surface area (Å²) in [4.78, 5) is 17.0. The van der Waals surface area contributed by atoms with Gasteiger partial charge >= 0.3 is 0 Å². The van der Waals surface area contributed by atoms with Crippen molar-refractivity contribution in [2.75, 3.05) is 17.7 Å². The molecular formula is C22H25ClN4O4S. The van der Waals surface area contributed by atoms with Crippen LogP contribution in [0.2, 0.25) is 5.02 Å². The predicted octanol–water partition coefficient (Wildman–Crippen LogP) is 3.31. The van der Waals surface area contributed by atoms with E-state index in [0.29, 0.717) is 5.75 Å². The number of aryl methyl sites for hydroxylation is 1. The minimum absolute atomic E-state index is 0.250. The smallest absolute Gasteiger partial charge is 0.243 e. The maximum Gasteiger partial charge on any atom is 0.243 e. The van der Waals surface area contributed by atoms with Crippen LogP contribution in [0.5, 0.6) is 5.75 Å². The number of aromatic nitrogens is 2. The molecule has 0 saturated carbocycles. The number of nitrogens with one attached hydrogen (secondary N) is 1. The Morgan fingerprint density at radius 2 is 1.94 bits per heavy atom. The maximum atomic E-state index is 12.8. The second-order valence-corrected chi connectivity index (χ2v) is 9.55. The van der Waals surface area contributed by atoms with E-state index in [1.165, 1.54) is 20.1 Å². The molecule has 3 rings (SSSR count). The van der Waals surface area contributed by atoms with Crippen LogP contribution in [0.3, 0.4) is 0 Å². The first-order valence-corrected chi connectivity index (χ1v) is 12.0. The summed E-state index contributed by atoms with van der Waals surface area (Å²) >= 11 is 6.16. The van der Waals surface area contributed by atoms with Gasteiger partial charge in [0, 0.05) is 24.6 Å².